The van der Waals surface area contributed by atoms with E-state index in [0.717, 1.165) is 102 Å². The summed E-state index contributed by atoms with van der Waals surface area (Å²) in [6.45, 7) is 9.61. The summed E-state index contributed by atoms with van der Waals surface area (Å²) in [4.78, 5) is 72.9. The van der Waals surface area contributed by atoms with Crippen LogP contribution < -0.4 is 0 Å². The molecular formula is C78H152O17P2. The van der Waals surface area contributed by atoms with Crippen molar-refractivity contribution >= 4 is 39.5 Å². The molecule has 0 fully saturated rings. The number of phosphoric ester groups is 2. The Hall–Kier alpha value is -1.94. The van der Waals surface area contributed by atoms with Gasteiger partial charge < -0.3 is 33.8 Å². The first-order chi connectivity index (χ1) is 46.9. The van der Waals surface area contributed by atoms with Gasteiger partial charge in [0.05, 0.1) is 26.4 Å². The van der Waals surface area contributed by atoms with E-state index in [4.69, 9.17) is 37.0 Å². The second-order valence-electron chi connectivity index (χ2n) is 28.8. The van der Waals surface area contributed by atoms with E-state index in [1.165, 1.54) is 225 Å². The summed E-state index contributed by atoms with van der Waals surface area (Å²) < 4.78 is 68.6. The molecule has 0 aromatic carbocycles. The predicted octanol–water partition coefficient (Wildman–Crippen LogP) is 23.1. The third-order valence-electron chi connectivity index (χ3n) is 18.6. The Labute approximate surface area is 594 Å². The number of aliphatic hydroxyl groups is 1. The molecule has 0 rings (SSSR count). The van der Waals surface area contributed by atoms with E-state index in [1.54, 1.807) is 0 Å². The molecule has 0 aliphatic carbocycles. The molecule has 0 spiro atoms. The first-order valence-corrected chi connectivity index (χ1v) is 43.5. The van der Waals surface area contributed by atoms with Crippen LogP contribution in [-0.4, -0.2) is 96.7 Å². The molecule has 0 amide bonds. The number of phosphoric acid groups is 2. The van der Waals surface area contributed by atoms with Crippen LogP contribution >= 0.6 is 15.6 Å². The van der Waals surface area contributed by atoms with E-state index in [0.29, 0.717) is 25.7 Å². The van der Waals surface area contributed by atoms with Crippen molar-refractivity contribution in [1.29, 1.82) is 0 Å². The molecule has 17 nitrogen and oxygen atoms in total. The average Bonchev–Trinajstić information content (AvgIpc) is 2.35. The average molecular weight is 1420 g/mol. The van der Waals surface area contributed by atoms with Gasteiger partial charge in [-0.1, -0.05) is 356 Å². The van der Waals surface area contributed by atoms with Crippen LogP contribution in [0.4, 0.5) is 0 Å². The molecule has 0 aromatic heterocycles. The van der Waals surface area contributed by atoms with Gasteiger partial charge in [-0.2, -0.15) is 0 Å². The molecule has 97 heavy (non-hydrogen) atoms. The molecule has 0 radical (unpaired) electrons. The van der Waals surface area contributed by atoms with E-state index < -0.39 is 97.5 Å². The number of ether oxygens (including phenoxy) is 4. The Morgan fingerprint density at radius 1 is 0.299 bits per heavy atom. The summed E-state index contributed by atoms with van der Waals surface area (Å²) in [6, 6.07) is 0. The number of hydrogen-bond acceptors (Lipinski definition) is 15. The topological polar surface area (TPSA) is 237 Å². The van der Waals surface area contributed by atoms with E-state index in [1.807, 2.05) is 0 Å². The quantitative estimate of drug-likeness (QED) is 0.0222. The van der Waals surface area contributed by atoms with Crippen LogP contribution in [0.3, 0.4) is 0 Å². The van der Waals surface area contributed by atoms with Gasteiger partial charge in [-0.05, 0) is 37.5 Å². The van der Waals surface area contributed by atoms with E-state index in [9.17, 15) is 43.2 Å². The number of hydrogen-bond donors (Lipinski definition) is 3. The summed E-state index contributed by atoms with van der Waals surface area (Å²) in [5, 5.41) is 10.6. The second-order valence-corrected chi connectivity index (χ2v) is 31.7. The van der Waals surface area contributed by atoms with Crippen molar-refractivity contribution < 1.29 is 80.2 Å². The van der Waals surface area contributed by atoms with Crippen molar-refractivity contribution in [2.45, 2.75) is 426 Å². The number of unbranched alkanes of at least 4 members (excludes halogenated alkanes) is 46. The summed E-state index contributed by atoms with van der Waals surface area (Å²) in [6.07, 6.45) is 58.2. The van der Waals surface area contributed by atoms with Crippen molar-refractivity contribution in [1.82, 2.24) is 0 Å². The fourth-order valence-electron chi connectivity index (χ4n) is 12.0. The molecule has 0 saturated heterocycles. The summed E-state index contributed by atoms with van der Waals surface area (Å²) in [5.74, 6) is -0.563. The minimum Gasteiger partial charge on any atom is -0.462 e. The number of carbonyl (C=O) groups is 4. The Morgan fingerprint density at radius 2 is 0.526 bits per heavy atom. The Balaban J connectivity index is 5.22. The largest absolute Gasteiger partial charge is 0.472 e. The highest BCUT2D eigenvalue weighted by atomic mass is 31.2. The van der Waals surface area contributed by atoms with Crippen LogP contribution in [0.2, 0.25) is 0 Å². The molecular weight excluding hydrogens is 1270 g/mol. The van der Waals surface area contributed by atoms with Crippen LogP contribution in [0.5, 0.6) is 0 Å². The van der Waals surface area contributed by atoms with Gasteiger partial charge in [0.2, 0.25) is 0 Å². The lowest BCUT2D eigenvalue weighted by molar-refractivity contribution is -0.161. The highest BCUT2D eigenvalue weighted by molar-refractivity contribution is 7.47. The predicted molar refractivity (Wildman–Crippen MR) is 395 cm³/mol. The van der Waals surface area contributed by atoms with E-state index in [2.05, 4.69) is 41.5 Å². The van der Waals surface area contributed by atoms with Gasteiger partial charge in [0, 0.05) is 25.7 Å². The van der Waals surface area contributed by atoms with Gasteiger partial charge in [-0.3, -0.25) is 37.3 Å². The smallest absolute Gasteiger partial charge is 0.462 e. The molecule has 3 unspecified atom stereocenters. The van der Waals surface area contributed by atoms with Gasteiger partial charge in [-0.15, -0.1) is 0 Å². The lowest BCUT2D eigenvalue weighted by Gasteiger charge is -2.21. The van der Waals surface area contributed by atoms with Gasteiger partial charge in [0.25, 0.3) is 0 Å². The SMILES string of the molecule is CCCCCCCCCCCCCCCCCCCCCCC(=O)O[C@H](COC(=O)CCCCCCCCCCCCCCC(C)C)COP(=O)(O)OC[C@@H](O)COP(=O)(O)OC[C@@H](COC(=O)CCCCCCCCCCCC)OC(=O)CCCCCCCCCCC(C)CC. The normalized spacial score (nSPS) is 14.2. The highest BCUT2D eigenvalue weighted by Gasteiger charge is 2.30. The molecule has 0 bridgehead atoms. The fraction of sp³-hybridized carbons (Fsp3) is 0.949. The van der Waals surface area contributed by atoms with Crippen molar-refractivity contribution in [2.24, 2.45) is 11.8 Å². The van der Waals surface area contributed by atoms with Crippen LogP contribution in [0.25, 0.3) is 0 Å². The zero-order valence-electron chi connectivity index (χ0n) is 63.4. The first-order valence-electron chi connectivity index (χ1n) is 40.5. The minimum atomic E-state index is -4.96. The molecule has 6 atom stereocenters. The zero-order valence-corrected chi connectivity index (χ0v) is 65.2. The molecule has 576 valence electrons. The van der Waals surface area contributed by atoms with E-state index >= 15 is 0 Å². The zero-order chi connectivity index (χ0) is 71.4. The standard InChI is InChI=1S/C78H152O17P2/c1-7-10-12-14-16-18-20-21-22-23-24-25-26-27-28-33-37-44-50-56-62-77(82)94-73(66-89-76(81)61-55-49-43-36-32-30-29-31-34-40-46-52-58-70(4)5)68-92-96(84,85)90-64-72(79)65-91-97(86,87)93-69-74(67-88-75(80)60-54-48-42-35-19-17-15-13-11-8-2)95-78(83)63-57-51-45-39-38-41-47-53-59-71(6)9-3/h70-74,79H,7-69H2,1-6H3,(H,84,85)(H,86,87)/t71?,72-,73-,74-/m1/s1. The first kappa shape index (κ1) is 95.1. The number of carbonyl (C=O) groups excluding carboxylic acids is 4. The van der Waals surface area contributed by atoms with Crippen LogP contribution in [0, 0.1) is 11.8 Å². The fourth-order valence-corrected chi connectivity index (χ4v) is 13.6. The lowest BCUT2D eigenvalue weighted by atomic mass is 9.99. The molecule has 0 aromatic rings. The molecule has 0 heterocycles. The van der Waals surface area contributed by atoms with Gasteiger partial charge in [0.15, 0.2) is 12.2 Å². The lowest BCUT2D eigenvalue weighted by Crippen LogP contribution is -2.30. The van der Waals surface area contributed by atoms with Crippen LogP contribution in [0.1, 0.15) is 408 Å². The number of rotatable bonds is 77. The Kier molecular flexibility index (Phi) is 68.4. The van der Waals surface area contributed by atoms with Gasteiger partial charge in [0.1, 0.15) is 19.3 Å². The monoisotopic (exact) mass is 1420 g/mol. The third kappa shape index (κ3) is 70.9. The van der Waals surface area contributed by atoms with Gasteiger partial charge >= 0.3 is 39.5 Å². The highest BCUT2D eigenvalue weighted by Crippen LogP contribution is 2.45. The summed E-state index contributed by atoms with van der Waals surface area (Å²) in [5.41, 5.74) is 0. The number of esters is 4. The van der Waals surface area contributed by atoms with Crippen molar-refractivity contribution in [3.8, 4) is 0 Å². The summed E-state index contributed by atoms with van der Waals surface area (Å²) >= 11 is 0. The van der Waals surface area contributed by atoms with Crippen LogP contribution in [0.15, 0.2) is 0 Å². The Bertz CT molecular complexity index is 1870. The molecule has 0 aliphatic heterocycles. The Morgan fingerprint density at radius 3 is 0.784 bits per heavy atom. The van der Waals surface area contributed by atoms with Crippen molar-refractivity contribution in [3.63, 3.8) is 0 Å². The second kappa shape index (κ2) is 69.8. The van der Waals surface area contributed by atoms with E-state index in [-0.39, 0.29) is 25.7 Å². The maximum atomic E-state index is 13.1. The summed E-state index contributed by atoms with van der Waals surface area (Å²) in [7, 11) is -9.91. The molecule has 0 saturated carbocycles. The number of aliphatic hydroxyl groups excluding tert-OH is 1. The maximum Gasteiger partial charge on any atom is 0.472 e. The third-order valence-corrected chi connectivity index (χ3v) is 20.5. The maximum absolute atomic E-state index is 13.1. The van der Waals surface area contributed by atoms with Crippen molar-refractivity contribution in [3.05, 3.63) is 0 Å². The molecule has 0 aliphatic rings. The van der Waals surface area contributed by atoms with Gasteiger partial charge in [-0.25, -0.2) is 9.13 Å². The molecule has 19 heteroatoms. The molecule has 3 N–H and O–H groups in total. The minimum absolute atomic E-state index is 0.105. The van der Waals surface area contributed by atoms with Crippen molar-refractivity contribution in [2.75, 3.05) is 39.6 Å². The van der Waals surface area contributed by atoms with Crippen LogP contribution in [-0.2, 0) is 65.4 Å².